The van der Waals surface area contributed by atoms with Gasteiger partial charge in [0.2, 0.25) is 5.91 Å². The first kappa shape index (κ1) is 26.0. The number of aryl methyl sites for hydroxylation is 1. The Kier molecular flexibility index (Phi) is 10.1. The number of nitrogens with zero attached hydrogens (tertiary/aromatic N) is 1. The van der Waals surface area contributed by atoms with Crippen LogP contribution < -0.4 is 10.6 Å². The Bertz CT molecular complexity index is 781. The van der Waals surface area contributed by atoms with Crippen molar-refractivity contribution in [2.24, 2.45) is 5.73 Å². The highest BCUT2D eigenvalue weighted by Crippen LogP contribution is 2.26. The molecule has 6 N–H and O–H groups in total. The van der Waals surface area contributed by atoms with Crippen LogP contribution >= 0.6 is 0 Å². The van der Waals surface area contributed by atoms with E-state index in [1.54, 1.807) is 0 Å². The number of aliphatic hydroxyl groups is 2. The Morgan fingerprint density at radius 1 is 1.16 bits per heavy atom. The van der Waals surface area contributed by atoms with Crippen LogP contribution in [0.5, 0.6) is 0 Å². The number of anilines is 1. The van der Waals surface area contributed by atoms with Crippen LogP contribution in [-0.4, -0.2) is 75.1 Å². The van der Waals surface area contributed by atoms with Gasteiger partial charge in [0, 0.05) is 5.69 Å². The van der Waals surface area contributed by atoms with Gasteiger partial charge in [0.05, 0.1) is 12.1 Å². The fourth-order valence-electron chi connectivity index (χ4n) is 2.65. The number of esters is 1. The highest BCUT2D eigenvalue weighted by molar-refractivity contribution is 6.01. The molecule has 1 amide bonds. The van der Waals surface area contributed by atoms with Crippen molar-refractivity contribution in [1.29, 1.82) is 0 Å². The van der Waals surface area contributed by atoms with Crippen molar-refractivity contribution in [2.75, 3.05) is 11.4 Å². The molecule has 0 saturated heterocycles. The lowest BCUT2D eigenvalue weighted by molar-refractivity contribution is -0.165. The van der Waals surface area contributed by atoms with Gasteiger partial charge in [-0.1, -0.05) is 25.1 Å². The Balaban J connectivity index is 0.000000407. The van der Waals surface area contributed by atoms with Gasteiger partial charge < -0.3 is 30.9 Å². The minimum Gasteiger partial charge on any atom is -0.479 e. The SMILES string of the molecule is CCC(C)OC(=O)CN1C(=O)[C@@H](N)CCc2ccccc21.O=C(O)[C@H](O)[C@@H](O)C(=O)O. The lowest BCUT2D eigenvalue weighted by Crippen LogP contribution is -2.45. The minimum atomic E-state index is -2.27. The van der Waals surface area contributed by atoms with E-state index < -0.39 is 36.2 Å². The van der Waals surface area contributed by atoms with E-state index in [2.05, 4.69) is 0 Å². The van der Waals surface area contributed by atoms with Gasteiger partial charge in [0.15, 0.2) is 12.2 Å². The predicted octanol–water partition coefficient (Wildman–Crippen LogP) is -0.488. The van der Waals surface area contributed by atoms with Gasteiger partial charge in [-0.3, -0.25) is 14.5 Å². The molecule has 31 heavy (non-hydrogen) atoms. The molecule has 1 aliphatic heterocycles. The number of carbonyl (C=O) groups is 4. The lowest BCUT2D eigenvalue weighted by atomic mass is 10.1. The number of fused-ring (bicyclic) bond motifs is 1. The summed E-state index contributed by atoms with van der Waals surface area (Å²) in [6.45, 7) is 3.69. The van der Waals surface area contributed by atoms with Gasteiger partial charge in [0.25, 0.3) is 0 Å². The third kappa shape index (κ3) is 7.63. The zero-order chi connectivity index (χ0) is 23.7. The molecule has 1 aliphatic rings. The van der Waals surface area contributed by atoms with E-state index in [1.165, 1.54) is 4.90 Å². The summed E-state index contributed by atoms with van der Waals surface area (Å²) in [6, 6.07) is 7.02. The summed E-state index contributed by atoms with van der Waals surface area (Å²) in [5, 5.41) is 32.5. The molecule has 172 valence electrons. The number of hydrogen-bond donors (Lipinski definition) is 5. The summed E-state index contributed by atoms with van der Waals surface area (Å²) in [4.78, 5) is 45.4. The van der Waals surface area contributed by atoms with Gasteiger partial charge in [0.1, 0.15) is 6.54 Å². The molecular formula is C20H28N2O9. The summed E-state index contributed by atoms with van der Waals surface area (Å²) in [6.07, 6.45) is -2.61. The number of ether oxygens (including phenoxy) is 1. The van der Waals surface area contributed by atoms with Crippen LogP contribution in [0.1, 0.15) is 32.3 Å². The molecule has 0 saturated carbocycles. The van der Waals surface area contributed by atoms with E-state index >= 15 is 0 Å². The highest BCUT2D eigenvalue weighted by Gasteiger charge is 2.30. The first-order valence-corrected chi connectivity index (χ1v) is 9.65. The number of rotatable bonds is 7. The monoisotopic (exact) mass is 440 g/mol. The zero-order valence-electron chi connectivity index (χ0n) is 17.3. The Labute approximate surface area is 179 Å². The molecular weight excluding hydrogens is 412 g/mol. The first-order valence-electron chi connectivity index (χ1n) is 9.65. The molecule has 0 aromatic heterocycles. The summed E-state index contributed by atoms with van der Waals surface area (Å²) >= 11 is 0. The van der Waals surface area contributed by atoms with Crippen LogP contribution in [0.15, 0.2) is 24.3 Å². The standard InChI is InChI=1S/C16H22N2O3.C4H6O6/c1-3-11(2)21-15(19)10-18-14-7-5-4-6-12(14)8-9-13(17)16(18)20;5-1(3(7)8)2(6)4(9)10/h4-7,11,13H,3,8-10,17H2,1-2H3;1-2,5-6H,(H,7,8)(H,9,10)/t11?,13-;1-,2-/m01/s1. The van der Waals surface area contributed by atoms with E-state index in [0.717, 1.165) is 24.1 Å². The molecule has 11 heteroatoms. The number of aliphatic hydroxyl groups excluding tert-OH is 2. The predicted molar refractivity (Wildman–Crippen MR) is 108 cm³/mol. The normalized spacial score (nSPS) is 18.4. The van der Waals surface area contributed by atoms with E-state index in [1.807, 2.05) is 38.1 Å². The first-order chi connectivity index (χ1) is 14.5. The molecule has 1 heterocycles. The molecule has 4 atom stereocenters. The minimum absolute atomic E-state index is 0.0894. The molecule has 1 aromatic rings. The van der Waals surface area contributed by atoms with Crippen LogP contribution in [-0.2, 0) is 30.3 Å². The van der Waals surface area contributed by atoms with Crippen LogP contribution in [0.25, 0.3) is 0 Å². The number of carbonyl (C=O) groups excluding carboxylic acids is 2. The van der Waals surface area contributed by atoms with Crippen LogP contribution in [0.3, 0.4) is 0 Å². The summed E-state index contributed by atoms with van der Waals surface area (Å²) in [7, 11) is 0. The average molecular weight is 440 g/mol. The number of nitrogens with two attached hydrogens (primary N) is 1. The van der Waals surface area contributed by atoms with Crippen LogP contribution in [0, 0.1) is 0 Å². The van der Waals surface area contributed by atoms with Crippen LogP contribution in [0.2, 0.25) is 0 Å². The Morgan fingerprint density at radius 3 is 2.23 bits per heavy atom. The van der Waals surface area contributed by atoms with Crippen molar-refractivity contribution in [3.05, 3.63) is 29.8 Å². The summed E-state index contributed by atoms with van der Waals surface area (Å²) in [5.74, 6) is -4.16. The van der Waals surface area contributed by atoms with Crippen molar-refractivity contribution in [1.82, 2.24) is 0 Å². The Morgan fingerprint density at radius 2 is 1.71 bits per heavy atom. The smallest absolute Gasteiger partial charge is 0.335 e. The number of hydrogen-bond acceptors (Lipinski definition) is 8. The molecule has 2 rings (SSSR count). The van der Waals surface area contributed by atoms with Gasteiger partial charge >= 0.3 is 17.9 Å². The average Bonchev–Trinajstić information content (AvgIpc) is 2.85. The Hall–Kier alpha value is -3.02. The number of aliphatic carboxylic acids is 2. The quantitative estimate of drug-likeness (QED) is 0.346. The number of carboxylic acid groups (broad SMARTS) is 2. The van der Waals surface area contributed by atoms with Crippen molar-refractivity contribution in [3.8, 4) is 0 Å². The van der Waals surface area contributed by atoms with Crippen molar-refractivity contribution in [3.63, 3.8) is 0 Å². The van der Waals surface area contributed by atoms with E-state index in [0.29, 0.717) is 6.42 Å². The lowest BCUT2D eigenvalue weighted by Gasteiger charge is -2.24. The maximum Gasteiger partial charge on any atom is 0.335 e. The number of para-hydroxylation sites is 1. The molecule has 0 radical (unpaired) electrons. The number of carboxylic acids is 2. The number of benzene rings is 1. The molecule has 0 spiro atoms. The molecule has 11 nitrogen and oxygen atoms in total. The van der Waals surface area contributed by atoms with Crippen molar-refractivity contribution in [2.45, 2.75) is 57.5 Å². The molecule has 0 bridgehead atoms. The van der Waals surface area contributed by atoms with Gasteiger partial charge in [-0.2, -0.15) is 0 Å². The fraction of sp³-hybridized carbons (Fsp3) is 0.500. The molecule has 0 aliphatic carbocycles. The van der Waals surface area contributed by atoms with Gasteiger partial charge in [-0.25, -0.2) is 9.59 Å². The van der Waals surface area contributed by atoms with Gasteiger partial charge in [-0.05, 0) is 37.8 Å². The summed E-state index contributed by atoms with van der Waals surface area (Å²) < 4.78 is 5.27. The zero-order valence-corrected chi connectivity index (χ0v) is 17.3. The highest BCUT2D eigenvalue weighted by atomic mass is 16.5. The largest absolute Gasteiger partial charge is 0.479 e. The topological polar surface area (TPSA) is 188 Å². The summed E-state index contributed by atoms with van der Waals surface area (Å²) in [5.41, 5.74) is 7.71. The maximum atomic E-state index is 12.4. The molecule has 1 aromatic carbocycles. The second-order valence-electron chi connectivity index (χ2n) is 6.97. The van der Waals surface area contributed by atoms with E-state index in [9.17, 15) is 19.2 Å². The van der Waals surface area contributed by atoms with Crippen molar-refractivity contribution < 1.29 is 44.3 Å². The third-order valence-corrected chi connectivity index (χ3v) is 4.59. The molecule has 1 unspecified atom stereocenters. The maximum absolute atomic E-state index is 12.4. The second kappa shape index (κ2) is 12.0. The van der Waals surface area contributed by atoms with Crippen LogP contribution in [0.4, 0.5) is 5.69 Å². The second-order valence-corrected chi connectivity index (χ2v) is 6.97. The van der Waals surface area contributed by atoms with E-state index in [4.69, 9.17) is 30.9 Å². The fourth-order valence-corrected chi connectivity index (χ4v) is 2.65. The van der Waals surface area contributed by atoms with E-state index in [-0.39, 0.29) is 18.6 Å². The van der Waals surface area contributed by atoms with Gasteiger partial charge in [-0.15, -0.1) is 0 Å². The molecule has 0 fully saturated rings. The van der Waals surface area contributed by atoms with Crippen molar-refractivity contribution >= 4 is 29.5 Å². The number of amides is 1. The third-order valence-electron chi connectivity index (χ3n) is 4.59.